The monoisotopic (exact) mass is 369 g/mol. The highest BCUT2D eigenvalue weighted by Crippen LogP contribution is 2.21. The van der Waals surface area contributed by atoms with Crippen LogP contribution >= 0.6 is 0 Å². The first-order valence-corrected chi connectivity index (χ1v) is 8.60. The second-order valence-corrected chi connectivity index (χ2v) is 6.13. The maximum Gasteiger partial charge on any atom is 0.229 e. The van der Waals surface area contributed by atoms with Gasteiger partial charge < -0.3 is 25.0 Å². The van der Waals surface area contributed by atoms with Crippen LogP contribution in [0, 0.1) is 6.92 Å². The Kier molecular flexibility index (Phi) is 5.82. The number of nitrogens with one attached hydrogen (secondary N) is 2. The molecule has 0 aliphatic carbocycles. The summed E-state index contributed by atoms with van der Waals surface area (Å²) < 4.78 is 7.07. The largest absolute Gasteiger partial charge is 0.508 e. The lowest BCUT2D eigenvalue weighted by Gasteiger charge is -2.16. The van der Waals surface area contributed by atoms with Crippen LogP contribution in [0.3, 0.4) is 0 Å². The molecule has 9 nitrogen and oxygen atoms in total. The van der Waals surface area contributed by atoms with E-state index in [0.717, 1.165) is 11.5 Å². The van der Waals surface area contributed by atoms with Crippen molar-refractivity contribution in [2.45, 2.75) is 26.4 Å². The molecule has 0 radical (unpaired) electrons. The van der Waals surface area contributed by atoms with Gasteiger partial charge in [-0.05, 0) is 26.0 Å². The number of phenolic OH excluding ortho intramolecular Hbond substituents is 1. The highest BCUT2D eigenvalue weighted by Gasteiger charge is 2.14. The standard InChI is InChI=1S/C18H23N7O2/c1-12-9-16(21-13(2)17-24-19-11-25(17)7-8-27-3)23-18(20-12)22-14-5-4-6-15(26)10-14/h4-6,9-11,13,26H,7-8H2,1-3H3,(H2,20,21,22,23). The molecule has 0 spiro atoms. The van der Waals surface area contributed by atoms with Gasteiger partial charge in [-0.15, -0.1) is 10.2 Å². The third-order valence-corrected chi connectivity index (χ3v) is 3.89. The lowest BCUT2D eigenvalue weighted by molar-refractivity contribution is 0.186. The molecule has 0 saturated heterocycles. The number of hydrogen-bond acceptors (Lipinski definition) is 8. The summed E-state index contributed by atoms with van der Waals surface area (Å²) in [6, 6.07) is 8.56. The summed E-state index contributed by atoms with van der Waals surface area (Å²) in [6.07, 6.45) is 1.69. The molecule has 142 valence electrons. The van der Waals surface area contributed by atoms with Gasteiger partial charge in [0.05, 0.1) is 12.6 Å². The Bertz CT molecular complexity index is 897. The molecule has 0 amide bonds. The number of methoxy groups -OCH3 is 1. The van der Waals surface area contributed by atoms with Crippen LogP contribution in [0.15, 0.2) is 36.7 Å². The molecular formula is C18H23N7O2. The number of aryl methyl sites for hydroxylation is 1. The first-order chi connectivity index (χ1) is 13.0. The van der Waals surface area contributed by atoms with E-state index in [-0.39, 0.29) is 11.8 Å². The molecular weight excluding hydrogens is 346 g/mol. The topological polar surface area (TPSA) is 110 Å². The maximum absolute atomic E-state index is 9.60. The van der Waals surface area contributed by atoms with Gasteiger partial charge in [-0.25, -0.2) is 4.98 Å². The van der Waals surface area contributed by atoms with Crippen LogP contribution in [0.2, 0.25) is 0 Å². The van der Waals surface area contributed by atoms with Crippen LogP contribution in [-0.4, -0.2) is 43.6 Å². The summed E-state index contributed by atoms with van der Waals surface area (Å²) in [4.78, 5) is 8.90. The molecule has 9 heteroatoms. The molecule has 1 unspecified atom stereocenters. The van der Waals surface area contributed by atoms with E-state index in [4.69, 9.17) is 4.74 Å². The summed E-state index contributed by atoms with van der Waals surface area (Å²) >= 11 is 0. The molecule has 0 aliphatic heterocycles. The molecule has 1 aromatic carbocycles. The summed E-state index contributed by atoms with van der Waals surface area (Å²) in [5.74, 6) is 2.08. The molecule has 3 aromatic rings. The minimum Gasteiger partial charge on any atom is -0.508 e. The van der Waals surface area contributed by atoms with Crippen molar-refractivity contribution in [1.82, 2.24) is 24.7 Å². The van der Waals surface area contributed by atoms with Gasteiger partial charge in [0.15, 0.2) is 5.82 Å². The van der Waals surface area contributed by atoms with Gasteiger partial charge in [0, 0.05) is 37.2 Å². The fraction of sp³-hybridized carbons (Fsp3) is 0.333. The zero-order valence-electron chi connectivity index (χ0n) is 15.5. The Hall–Kier alpha value is -3.20. The number of benzene rings is 1. The molecule has 0 saturated carbocycles. The summed E-state index contributed by atoms with van der Waals surface area (Å²) in [6.45, 7) is 5.15. The van der Waals surface area contributed by atoms with Gasteiger partial charge >= 0.3 is 0 Å². The Labute approximate surface area is 157 Å². The fourth-order valence-electron chi connectivity index (χ4n) is 2.66. The van der Waals surface area contributed by atoms with Crippen molar-refractivity contribution in [2.75, 3.05) is 24.4 Å². The van der Waals surface area contributed by atoms with E-state index in [1.807, 2.05) is 30.5 Å². The first-order valence-electron chi connectivity index (χ1n) is 8.60. The molecule has 0 aliphatic rings. The predicted octanol–water partition coefficient (Wildman–Crippen LogP) is 2.65. The smallest absolute Gasteiger partial charge is 0.229 e. The van der Waals surface area contributed by atoms with Gasteiger partial charge in [-0.2, -0.15) is 4.98 Å². The van der Waals surface area contributed by atoms with Gasteiger partial charge in [-0.1, -0.05) is 6.07 Å². The Morgan fingerprint density at radius 3 is 2.89 bits per heavy atom. The third-order valence-electron chi connectivity index (χ3n) is 3.89. The van der Waals surface area contributed by atoms with Crippen molar-refractivity contribution in [1.29, 1.82) is 0 Å². The zero-order valence-corrected chi connectivity index (χ0v) is 15.5. The van der Waals surface area contributed by atoms with Crippen molar-refractivity contribution in [3.63, 3.8) is 0 Å². The minimum absolute atomic E-state index is 0.104. The lowest BCUT2D eigenvalue weighted by atomic mass is 10.3. The van der Waals surface area contributed by atoms with Gasteiger partial charge in [0.25, 0.3) is 0 Å². The van der Waals surface area contributed by atoms with E-state index in [1.54, 1.807) is 31.6 Å². The van der Waals surface area contributed by atoms with Crippen LogP contribution in [-0.2, 0) is 11.3 Å². The number of hydrogen-bond donors (Lipinski definition) is 3. The summed E-state index contributed by atoms with van der Waals surface area (Å²) in [7, 11) is 1.66. The maximum atomic E-state index is 9.60. The first kappa shape index (κ1) is 18.6. The van der Waals surface area contributed by atoms with E-state index in [9.17, 15) is 5.11 Å². The van der Waals surface area contributed by atoms with E-state index < -0.39 is 0 Å². The van der Waals surface area contributed by atoms with Crippen LogP contribution in [0.25, 0.3) is 0 Å². The summed E-state index contributed by atoms with van der Waals surface area (Å²) in [5.41, 5.74) is 1.52. The van der Waals surface area contributed by atoms with Crippen molar-refractivity contribution in [3.8, 4) is 5.75 Å². The van der Waals surface area contributed by atoms with Gasteiger partial charge in [-0.3, -0.25) is 0 Å². The van der Waals surface area contributed by atoms with E-state index in [0.29, 0.717) is 30.6 Å². The second-order valence-electron chi connectivity index (χ2n) is 6.13. The predicted molar refractivity (Wildman–Crippen MR) is 102 cm³/mol. The Morgan fingerprint density at radius 1 is 1.26 bits per heavy atom. The molecule has 27 heavy (non-hydrogen) atoms. The highest BCUT2D eigenvalue weighted by atomic mass is 16.5. The van der Waals surface area contributed by atoms with Crippen LogP contribution < -0.4 is 10.6 Å². The molecule has 3 N–H and O–H groups in total. The molecule has 2 heterocycles. The quantitative estimate of drug-likeness (QED) is 0.556. The SMILES string of the molecule is COCCn1cnnc1C(C)Nc1cc(C)nc(Nc2cccc(O)c2)n1. The average Bonchev–Trinajstić information content (AvgIpc) is 3.08. The lowest BCUT2D eigenvalue weighted by Crippen LogP contribution is -2.16. The number of phenols is 1. The minimum atomic E-state index is -0.104. The Balaban J connectivity index is 1.75. The molecule has 0 fully saturated rings. The number of aromatic hydroxyl groups is 1. The third kappa shape index (κ3) is 4.91. The zero-order chi connectivity index (χ0) is 19.2. The van der Waals surface area contributed by atoms with Crippen molar-refractivity contribution < 1.29 is 9.84 Å². The Morgan fingerprint density at radius 2 is 2.11 bits per heavy atom. The van der Waals surface area contributed by atoms with E-state index in [1.165, 1.54) is 0 Å². The number of anilines is 3. The molecule has 1 atom stereocenters. The molecule has 3 rings (SSSR count). The summed E-state index contributed by atoms with van der Waals surface area (Å²) in [5, 5.41) is 24.2. The molecule has 0 bridgehead atoms. The van der Waals surface area contributed by atoms with Crippen molar-refractivity contribution in [3.05, 3.63) is 48.2 Å². The average molecular weight is 369 g/mol. The second kappa shape index (κ2) is 8.45. The number of nitrogens with zero attached hydrogens (tertiary/aromatic N) is 5. The number of rotatable bonds is 8. The number of aromatic nitrogens is 5. The van der Waals surface area contributed by atoms with Gasteiger partial charge in [0.1, 0.15) is 17.9 Å². The van der Waals surface area contributed by atoms with Gasteiger partial charge in [0.2, 0.25) is 5.95 Å². The highest BCUT2D eigenvalue weighted by molar-refractivity contribution is 5.57. The number of ether oxygens (including phenoxy) is 1. The van der Waals surface area contributed by atoms with Crippen molar-refractivity contribution >= 4 is 17.5 Å². The van der Waals surface area contributed by atoms with Crippen LogP contribution in [0.4, 0.5) is 17.5 Å². The van der Waals surface area contributed by atoms with E-state index in [2.05, 4.69) is 30.8 Å². The fourth-order valence-corrected chi connectivity index (χ4v) is 2.66. The normalized spacial score (nSPS) is 12.0. The van der Waals surface area contributed by atoms with E-state index >= 15 is 0 Å². The molecule has 2 aromatic heterocycles. The van der Waals surface area contributed by atoms with Crippen LogP contribution in [0.5, 0.6) is 5.75 Å². The van der Waals surface area contributed by atoms with Crippen LogP contribution in [0.1, 0.15) is 24.5 Å². The van der Waals surface area contributed by atoms with Crippen molar-refractivity contribution in [2.24, 2.45) is 0 Å².